The second kappa shape index (κ2) is 6.42. The van der Waals surface area contributed by atoms with Crippen LogP contribution in [0, 0.1) is 19.3 Å². The highest BCUT2D eigenvalue weighted by atomic mass is 79.9. The Morgan fingerprint density at radius 1 is 1.47 bits per heavy atom. The van der Waals surface area contributed by atoms with Crippen molar-refractivity contribution in [3.05, 3.63) is 22.2 Å². The first-order chi connectivity index (χ1) is 8.84. The van der Waals surface area contributed by atoms with E-state index in [1.54, 1.807) is 13.0 Å². The van der Waals surface area contributed by atoms with E-state index in [1.807, 2.05) is 6.92 Å². The van der Waals surface area contributed by atoms with E-state index in [-0.39, 0.29) is 11.4 Å². The standard InChI is InChI=1S/C13H17BrN2O2S/c1-4-6-16(7-5-2)19(17,18)13-9-12(15)11(14)8-10(13)3/h1,8-9H,5-7,15H2,2-3H3. The highest BCUT2D eigenvalue weighted by Crippen LogP contribution is 2.28. The highest BCUT2D eigenvalue weighted by Gasteiger charge is 2.25. The molecule has 0 fully saturated rings. The van der Waals surface area contributed by atoms with Gasteiger partial charge in [-0.25, -0.2) is 8.42 Å². The van der Waals surface area contributed by atoms with E-state index in [0.29, 0.717) is 28.7 Å². The number of hydrogen-bond acceptors (Lipinski definition) is 3. The first-order valence-electron chi connectivity index (χ1n) is 5.83. The number of terminal acetylenes is 1. The molecule has 1 rings (SSSR count). The summed E-state index contributed by atoms with van der Waals surface area (Å²) < 4.78 is 27.1. The lowest BCUT2D eigenvalue weighted by molar-refractivity contribution is 0.445. The molecule has 0 heterocycles. The van der Waals surface area contributed by atoms with Gasteiger partial charge in [-0.3, -0.25) is 0 Å². The average Bonchev–Trinajstić information content (AvgIpc) is 2.33. The van der Waals surface area contributed by atoms with Gasteiger partial charge in [0.1, 0.15) is 0 Å². The quantitative estimate of drug-likeness (QED) is 0.658. The summed E-state index contributed by atoms with van der Waals surface area (Å²) in [6.07, 6.45) is 5.94. The second-order valence-electron chi connectivity index (χ2n) is 4.18. The number of aryl methyl sites for hydroxylation is 1. The van der Waals surface area contributed by atoms with Crippen LogP contribution in [0.2, 0.25) is 0 Å². The zero-order valence-corrected chi connectivity index (χ0v) is 13.4. The van der Waals surface area contributed by atoms with E-state index in [9.17, 15) is 8.42 Å². The molecular weight excluding hydrogens is 328 g/mol. The maximum absolute atomic E-state index is 12.6. The van der Waals surface area contributed by atoms with Crippen molar-refractivity contribution in [3.63, 3.8) is 0 Å². The Morgan fingerprint density at radius 3 is 2.63 bits per heavy atom. The van der Waals surface area contributed by atoms with Gasteiger partial charge in [0.25, 0.3) is 0 Å². The van der Waals surface area contributed by atoms with Crippen LogP contribution in [0.25, 0.3) is 0 Å². The number of anilines is 1. The number of nitrogens with zero attached hydrogens (tertiary/aromatic N) is 1. The van der Waals surface area contributed by atoms with Crippen molar-refractivity contribution in [3.8, 4) is 12.3 Å². The van der Waals surface area contributed by atoms with Crippen LogP contribution in [-0.4, -0.2) is 25.8 Å². The third-order valence-electron chi connectivity index (χ3n) is 2.65. The summed E-state index contributed by atoms with van der Waals surface area (Å²) in [6.45, 7) is 4.09. The molecule has 1 aromatic rings. The molecule has 0 aromatic heterocycles. The molecule has 0 aliphatic heterocycles. The van der Waals surface area contributed by atoms with Gasteiger partial charge in [0.15, 0.2) is 0 Å². The fourth-order valence-corrected chi connectivity index (χ4v) is 3.87. The summed E-state index contributed by atoms with van der Waals surface area (Å²) in [5.41, 5.74) is 6.79. The summed E-state index contributed by atoms with van der Waals surface area (Å²) in [7, 11) is -3.61. The second-order valence-corrected chi connectivity index (χ2v) is 6.94. The molecule has 0 spiro atoms. The van der Waals surface area contributed by atoms with Gasteiger partial charge in [-0.1, -0.05) is 12.8 Å². The lowest BCUT2D eigenvalue weighted by Gasteiger charge is -2.20. The van der Waals surface area contributed by atoms with Gasteiger partial charge in [-0.05, 0) is 47.0 Å². The van der Waals surface area contributed by atoms with Crippen LogP contribution >= 0.6 is 15.9 Å². The third kappa shape index (κ3) is 3.50. The largest absolute Gasteiger partial charge is 0.398 e. The summed E-state index contributed by atoms with van der Waals surface area (Å²) in [4.78, 5) is 0.205. The van der Waals surface area contributed by atoms with Crippen molar-refractivity contribution < 1.29 is 8.42 Å². The van der Waals surface area contributed by atoms with Gasteiger partial charge >= 0.3 is 0 Å². The van der Waals surface area contributed by atoms with Crippen molar-refractivity contribution in [1.29, 1.82) is 0 Å². The van der Waals surface area contributed by atoms with E-state index in [4.69, 9.17) is 12.2 Å². The van der Waals surface area contributed by atoms with Gasteiger partial charge in [-0.15, -0.1) is 6.42 Å². The van der Waals surface area contributed by atoms with E-state index in [2.05, 4.69) is 21.9 Å². The van der Waals surface area contributed by atoms with E-state index in [0.717, 1.165) is 0 Å². The van der Waals surface area contributed by atoms with Gasteiger partial charge in [-0.2, -0.15) is 4.31 Å². The molecule has 19 heavy (non-hydrogen) atoms. The van der Waals surface area contributed by atoms with E-state index in [1.165, 1.54) is 10.4 Å². The fourth-order valence-electron chi connectivity index (χ4n) is 1.72. The number of sulfonamides is 1. The molecule has 0 atom stereocenters. The maximum atomic E-state index is 12.6. The van der Waals surface area contributed by atoms with Crippen LogP contribution in [0.4, 0.5) is 5.69 Å². The first-order valence-corrected chi connectivity index (χ1v) is 8.07. The van der Waals surface area contributed by atoms with Crippen molar-refractivity contribution >= 4 is 31.6 Å². The van der Waals surface area contributed by atoms with Crippen molar-refractivity contribution in [2.45, 2.75) is 25.2 Å². The number of halogens is 1. The molecule has 0 bridgehead atoms. The minimum Gasteiger partial charge on any atom is -0.398 e. The lowest BCUT2D eigenvalue weighted by atomic mass is 10.2. The summed E-state index contributed by atoms with van der Waals surface area (Å²) in [5.74, 6) is 2.38. The maximum Gasteiger partial charge on any atom is 0.244 e. The van der Waals surface area contributed by atoms with Crippen LogP contribution in [0.3, 0.4) is 0 Å². The molecule has 0 aliphatic carbocycles. The summed E-state index contributed by atoms with van der Waals surface area (Å²) in [6, 6.07) is 3.16. The van der Waals surface area contributed by atoms with Crippen molar-refractivity contribution in [2.24, 2.45) is 0 Å². The molecule has 1 aromatic carbocycles. The fraction of sp³-hybridized carbons (Fsp3) is 0.385. The van der Waals surface area contributed by atoms with Crippen LogP contribution in [0.15, 0.2) is 21.5 Å². The van der Waals surface area contributed by atoms with Gasteiger partial charge in [0.2, 0.25) is 10.0 Å². The Hall–Kier alpha value is -1.03. The molecule has 2 N–H and O–H groups in total. The van der Waals surface area contributed by atoms with Crippen LogP contribution in [-0.2, 0) is 10.0 Å². The predicted octanol–water partition coefficient (Wildman–Crippen LogP) is 2.37. The van der Waals surface area contributed by atoms with Crippen LogP contribution in [0.1, 0.15) is 18.9 Å². The smallest absolute Gasteiger partial charge is 0.244 e. The number of benzene rings is 1. The van der Waals surface area contributed by atoms with Crippen LogP contribution < -0.4 is 5.73 Å². The zero-order chi connectivity index (χ0) is 14.6. The minimum absolute atomic E-state index is 0.0611. The van der Waals surface area contributed by atoms with E-state index < -0.39 is 10.0 Å². The Bertz CT molecular complexity index is 606. The molecule has 4 nitrogen and oxygen atoms in total. The van der Waals surface area contributed by atoms with Crippen LogP contribution in [0.5, 0.6) is 0 Å². The Morgan fingerprint density at radius 2 is 2.11 bits per heavy atom. The lowest BCUT2D eigenvalue weighted by Crippen LogP contribution is -2.32. The van der Waals surface area contributed by atoms with Gasteiger partial charge < -0.3 is 5.73 Å². The number of nitrogen functional groups attached to an aromatic ring is 1. The molecule has 0 saturated carbocycles. The Kier molecular flexibility index (Phi) is 5.41. The van der Waals surface area contributed by atoms with Gasteiger partial charge in [0, 0.05) is 16.7 Å². The Labute approximate surface area is 123 Å². The SMILES string of the molecule is C#CCN(CCC)S(=O)(=O)c1cc(N)c(Br)cc1C. The number of hydrogen-bond donors (Lipinski definition) is 1. The molecule has 0 radical (unpaired) electrons. The molecular formula is C13H17BrN2O2S. The van der Waals surface area contributed by atoms with Gasteiger partial charge in [0.05, 0.1) is 11.4 Å². The predicted molar refractivity (Wildman–Crippen MR) is 81.2 cm³/mol. The first kappa shape index (κ1) is 16.0. The minimum atomic E-state index is -3.61. The topological polar surface area (TPSA) is 63.4 Å². The molecule has 104 valence electrons. The molecule has 0 amide bonds. The van der Waals surface area contributed by atoms with Crippen molar-refractivity contribution in [1.82, 2.24) is 4.31 Å². The molecule has 0 saturated heterocycles. The highest BCUT2D eigenvalue weighted by molar-refractivity contribution is 9.10. The van der Waals surface area contributed by atoms with E-state index >= 15 is 0 Å². The zero-order valence-electron chi connectivity index (χ0n) is 11.0. The molecule has 6 heteroatoms. The monoisotopic (exact) mass is 344 g/mol. The summed E-state index contributed by atoms with van der Waals surface area (Å²) >= 11 is 3.28. The normalized spacial score (nSPS) is 11.5. The Balaban J connectivity index is 3.33. The molecule has 0 unspecified atom stereocenters. The summed E-state index contributed by atoms with van der Waals surface area (Å²) in [5, 5.41) is 0. The number of nitrogens with two attached hydrogens (primary N) is 1. The average molecular weight is 345 g/mol. The van der Waals surface area contributed by atoms with Crippen molar-refractivity contribution in [2.75, 3.05) is 18.8 Å². The molecule has 0 aliphatic rings. The number of rotatable bonds is 5. The third-order valence-corrected chi connectivity index (χ3v) is 5.33.